The van der Waals surface area contributed by atoms with Crippen molar-refractivity contribution in [3.05, 3.63) is 10.8 Å². The van der Waals surface area contributed by atoms with E-state index in [0.29, 0.717) is 11.4 Å². The lowest BCUT2D eigenvalue weighted by Crippen LogP contribution is -2.35. The number of rotatable bonds is 2. The predicted octanol–water partition coefficient (Wildman–Crippen LogP) is 3.06. The molecule has 0 saturated carbocycles. The molecule has 0 spiro atoms. The van der Waals surface area contributed by atoms with Gasteiger partial charge in [0.05, 0.1) is 4.83 Å². The highest BCUT2D eigenvalue weighted by Gasteiger charge is 2.26. The molecule has 0 N–H and O–H groups in total. The average molecular weight is 263 g/mol. The molecule has 13 heavy (non-hydrogen) atoms. The van der Waals surface area contributed by atoms with E-state index >= 15 is 0 Å². The van der Waals surface area contributed by atoms with Crippen LogP contribution in [0.1, 0.15) is 13.3 Å². The Bertz CT molecular complexity index is 287. The number of ether oxygens (including phenoxy) is 2. The fourth-order valence-electron chi connectivity index (χ4n) is 1.27. The van der Waals surface area contributed by atoms with Crippen molar-refractivity contribution in [3.63, 3.8) is 0 Å². The largest absolute Gasteiger partial charge is 0.485 e. The summed E-state index contributed by atoms with van der Waals surface area (Å²) in [5.74, 6) is 1.77. The van der Waals surface area contributed by atoms with Crippen molar-refractivity contribution in [2.24, 2.45) is 0 Å². The molecule has 1 aliphatic heterocycles. The van der Waals surface area contributed by atoms with Crippen LogP contribution in [0.3, 0.4) is 0 Å². The van der Waals surface area contributed by atoms with Crippen LogP contribution in [0.4, 0.5) is 0 Å². The summed E-state index contributed by atoms with van der Waals surface area (Å²) >= 11 is 5.19. The number of halogens is 1. The van der Waals surface area contributed by atoms with Crippen LogP contribution in [0.15, 0.2) is 10.8 Å². The van der Waals surface area contributed by atoms with Crippen LogP contribution in [0.25, 0.3) is 0 Å². The summed E-state index contributed by atoms with van der Waals surface area (Å²) in [6.45, 7) is 2.78. The molecule has 0 amide bonds. The minimum absolute atomic E-state index is 0.145. The van der Waals surface area contributed by atoms with Crippen LogP contribution in [0.2, 0.25) is 0 Å². The molecule has 4 heteroatoms. The molecule has 2 unspecified atom stereocenters. The SMILES string of the molecule is CCC(Br)C1COc2cscc2O1. The van der Waals surface area contributed by atoms with Crippen LogP contribution in [-0.4, -0.2) is 17.5 Å². The molecule has 1 aromatic heterocycles. The van der Waals surface area contributed by atoms with Crippen molar-refractivity contribution in [1.29, 1.82) is 0 Å². The first kappa shape index (κ1) is 9.34. The lowest BCUT2D eigenvalue weighted by atomic mass is 10.2. The Labute approximate surface area is 90.0 Å². The van der Waals surface area contributed by atoms with Crippen LogP contribution in [-0.2, 0) is 0 Å². The Morgan fingerprint density at radius 1 is 1.62 bits per heavy atom. The van der Waals surface area contributed by atoms with Gasteiger partial charge in [0.1, 0.15) is 12.7 Å². The Kier molecular flexibility index (Phi) is 2.79. The summed E-state index contributed by atoms with van der Waals surface area (Å²) in [7, 11) is 0. The van der Waals surface area contributed by atoms with Crippen LogP contribution >= 0.6 is 27.3 Å². The zero-order valence-electron chi connectivity index (χ0n) is 7.33. The van der Waals surface area contributed by atoms with Crippen LogP contribution in [0.5, 0.6) is 11.5 Å². The molecule has 2 heterocycles. The Morgan fingerprint density at radius 2 is 2.38 bits per heavy atom. The smallest absolute Gasteiger partial charge is 0.172 e. The van der Waals surface area contributed by atoms with Gasteiger partial charge in [0.2, 0.25) is 0 Å². The molecule has 2 nitrogen and oxygen atoms in total. The zero-order valence-corrected chi connectivity index (χ0v) is 9.73. The molecule has 2 rings (SSSR count). The number of hydrogen-bond acceptors (Lipinski definition) is 3. The first-order chi connectivity index (χ1) is 6.31. The lowest BCUT2D eigenvalue weighted by molar-refractivity contribution is 0.0912. The average Bonchev–Trinajstić information content (AvgIpc) is 2.63. The van der Waals surface area contributed by atoms with Crippen molar-refractivity contribution >= 4 is 27.3 Å². The standard InChI is InChI=1S/C9H11BrO2S/c1-2-6(10)7-3-11-8-4-13-5-9(8)12-7/h4-7H,2-3H2,1H3. The van der Waals surface area contributed by atoms with Crippen molar-refractivity contribution in [2.45, 2.75) is 24.3 Å². The summed E-state index contributed by atoms with van der Waals surface area (Å²) in [6.07, 6.45) is 1.19. The van der Waals surface area contributed by atoms with Crippen molar-refractivity contribution in [1.82, 2.24) is 0 Å². The number of alkyl halides is 1. The van der Waals surface area contributed by atoms with Gasteiger partial charge in [-0.05, 0) is 6.42 Å². The highest BCUT2D eigenvalue weighted by Crippen LogP contribution is 2.36. The Hall–Kier alpha value is -0.220. The van der Waals surface area contributed by atoms with Gasteiger partial charge in [0.15, 0.2) is 11.5 Å². The summed E-state index contributed by atoms with van der Waals surface area (Å²) in [6, 6.07) is 0. The fraction of sp³-hybridized carbons (Fsp3) is 0.556. The second-order valence-corrected chi connectivity index (χ2v) is 4.91. The maximum atomic E-state index is 5.76. The Morgan fingerprint density at radius 3 is 3.15 bits per heavy atom. The van der Waals surface area contributed by atoms with Gasteiger partial charge in [-0.2, -0.15) is 0 Å². The van der Waals surface area contributed by atoms with E-state index in [2.05, 4.69) is 22.9 Å². The molecular weight excluding hydrogens is 252 g/mol. The zero-order chi connectivity index (χ0) is 9.26. The highest BCUT2D eigenvalue weighted by molar-refractivity contribution is 9.09. The van der Waals surface area contributed by atoms with E-state index in [-0.39, 0.29) is 6.10 Å². The minimum atomic E-state index is 0.145. The molecular formula is C9H11BrO2S. The first-order valence-corrected chi connectivity index (χ1v) is 6.17. The third kappa shape index (κ3) is 1.83. The van der Waals surface area contributed by atoms with E-state index in [1.165, 1.54) is 0 Å². The maximum Gasteiger partial charge on any atom is 0.172 e. The minimum Gasteiger partial charge on any atom is -0.485 e. The Balaban J connectivity index is 2.08. The van der Waals surface area contributed by atoms with E-state index in [0.717, 1.165) is 17.9 Å². The molecule has 0 aromatic carbocycles. The van der Waals surface area contributed by atoms with Gasteiger partial charge in [-0.15, -0.1) is 11.3 Å². The number of hydrogen-bond donors (Lipinski definition) is 0. The van der Waals surface area contributed by atoms with Gasteiger partial charge < -0.3 is 9.47 Å². The van der Waals surface area contributed by atoms with E-state index in [1.807, 2.05) is 10.8 Å². The topological polar surface area (TPSA) is 18.5 Å². The monoisotopic (exact) mass is 262 g/mol. The van der Waals surface area contributed by atoms with E-state index < -0.39 is 0 Å². The van der Waals surface area contributed by atoms with E-state index in [4.69, 9.17) is 9.47 Å². The summed E-state index contributed by atoms with van der Waals surface area (Å²) in [5.41, 5.74) is 0. The molecule has 72 valence electrons. The molecule has 0 fully saturated rings. The van der Waals surface area contributed by atoms with Crippen LogP contribution < -0.4 is 9.47 Å². The summed E-state index contributed by atoms with van der Waals surface area (Å²) < 4.78 is 11.3. The molecule has 0 aliphatic carbocycles. The van der Waals surface area contributed by atoms with Crippen molar-refractivity contribution < 1.29 is 9.47 Å². The van der Waals surface area contributed by atoms with Gasteiger partial charge in [0.25, 0.3) is 0 Å². The van der Waals surface area contributed by atoms with Gasteiger partial charge in [-0.3, -0.25) is 0 Å². The predicted molar refractivity (Wildman–Crippen MR) is 57.2 cm³/mol. The van der Waals surface area contributed by atoms with Gasteiger partial charge in [-0.1, -0.05) is 22.9 Å². The van der Waals surface area contributed by atoms with E-state index in [9.17, 15) is 0 Å². The maximum absolute atomic E-state index is 5.76. The molecule has 1 aromatic rings. The third-order valence-electron chi connectivity index (χ3n) is 2.07. The van der Waals surface area contributed by atoms with Crippen molar-refractivity contribution in [2.75, 3.05) is 6.61 Å². The van der Waals surface area contributed by atoms with Gasteiger partial charge in [0, 0.05) is 10.8 Å². The third-order valence-corrected chi connectivity index (χ3v) is 4.01. The van der Waals surface area contributed by atoms with Gasteiger partial charge in [-0.25, -0.2) is 0 Å². The van der Waals surface area contributed by atoms with Crippen molar-refractivity contribution in [3.8, 4) is 11.5 Å². The summed E-state index contributed by atoms with van der Waals surface area (Å²) in [4.78, 5) is 0.376. The fourth-order valence-corrected chi connectivity index (χ4v) is 2.21. The van der Waals surface area contributed by atoms with Crippen LogP contribution in [0, 0.1) is 0 Å². The lowest BCUT2D eigenvalue weighted by Gasteiger charge is -2.27. The number of fused-ring (bicyclic) bond motifs is 1. The highest BCUT2D eigenvalue weighted by atomic mass is 79.9. The second-order valence-electron chi connectivity index (χ2n) is 2.99. The summed E-state index contributed by atoms with van der Waals surface area (Å²) in [5, 5.41) is 3.96. The molecule has 1 aliphatic rings. The number of thiophene rings is 1. The molecule has 0 radical (unpaired) electrons. The van der Waals surface area contributed by atoms with Gasteiger partial charge >= 0.3 is 0 Å². The first-order valence-electron chi connectivity index (χ1n) is 4.31. The second kappa shape index (κ2) is 3.88. The molecule has 0 bridgehead atoms. The molecule has 0 saturated heterocycles. The van der Waals surface area contributed by atoms with E-state index in [1.54, 1.807) is 11.3 Å². The quantitative estimate of drug-likeness (QED) is 0.763. The normalized spacial score (nSPS) is 22.8. The molecule has 2 atom stereocenters.